The topological polar surface area (TPSA) is 78.1 Å². The van der Waals surface area contributed by atoms with Crippen molar-refractivity contribution in [2.45, 2.75) is 32.2 Å². The van der Waals surface area contributed by atoms with Gasteiger partial charge in [0.05, 0.1) is 10.6 Å². The predicted octanol–water partition coefficient (Wildman–Crippen LogP) is 3.84. The number of hydrogen-bond acceptors (Lipinski definition) is 5. The van der Waals surface area contributed by atoms with E-state index in [-0.39, 0.29) is 17.4 Å². The lowest BCUT2D eigenvalue weighted by Gasteiger charge is -2.32. The van der Waals surface area contributed by atoms with E-state index in [4.69, 9.17) is 4.98 Å². The highest BCUT2D eigenvalue weighted by Crippen LogP contribution is 2.28. The van der Waals surface area contributed by atoms with E-state index in [0.717, 1.165) is 48.7 Å². The van der Waals surface area contributed by atoms with E-state index >= 15 is 0 Å². The van der Waals surface area contributed by atoms with Gasteiger partial charge in [-0.05, 0) is 48.5 Å². The normalized spacial score (nSPS) is 17.2. The number of likely N-dealkylation sites (tertiary alicyclic amines) is 1. The number of aromatic nitrogens is 2. The molecule has 2 aromatic heterocycles. The molecule has 1 fully saturated rings. The lowest BCUT2D eigenvalue weighted by atomic mass is 9.94. The van der Waals surface area contributed by atoms with Gasteiger partial charge in [0, 0.05) is 37.7 Å². The van der Waals surface area contributed by atoms with Crippen LogP contribution in [-0.4, -0.2) is 33.9 Å². The number of amides is 1. The Morgan fingerprint density at radius 2 is 2.14 bits per heavy atom. The molecular weight excluding hydrogens is 384 g/mol. The highest BCUT2D eigenvalue weighted by Gasteiger charge is 2.23. The number of anilines is 1. The lowest BCUT2D eigenvalue weighted by molar-refractivity contribution is -0.114. The summed E-state index contributed by atoms with van der Waals surface area (Å²) in [5.41, 5.74) is 2.80. The first-order chi connectivity index (χ1) is 14.1. The van der Waals surface area contributed by atoms with E-state index in [0.29, 0.717) is 5.82 Å². The third kappa shape index (κ3) is 4.99. The molecule has 4 rings (SSSR count). The number of nitrogens with zero attached hydrogens (tertiary/aromatic N) is 2. The van der Waals surface area contributed by atoms with Gasteiger partial charge in [-0.3, -0.25) is 14.5 Å². The molecule has 3 heterocycles. The fraction of sp³-hybridized carbons (Fsp3) is 0.318. The molecule has 3 aromatic rings. The van der Waals surface area contributed by atoms with Crippen LogP contribution in [0.5, 0.6) is 0 Å². The molecule has 0 radical (unpaired) electrons. The van der Waals surface area contributed by atoms with E-state index in [1.165, 1.54) is 12.5 Å². The molecule has 0 bridgehead atoms. The maximum atomic E-state index is 12.2. The summed E-state index contributed by atoms with van der Waals surface area (Å²) in [7, 11) is 0. The summed E-state index contributed by atoms with van der Waals surface area (Å²) in [6.45, 7) is 4.27. The highest BCUT2D eigenvalue weighted by molar-refractivity contribution is 7.13. The van der Waals surface area contributed by atoms with Crippen LogP contribution in [0.25, 0.3) is 10.7 Å². The zero-order chi connectivity index (χ0) is 20.2. The van der Waals surface area contributed by atoms with E-state index in [2.05, 4.69) is 27.3 Å². The van der Waals surface area contributed by atoms with Crippen LogP contribution in [0.3, 0.4) is 0 Å². The lowest BCUT2D eigenvalue weighted by Crippen LogP contribution is -2.34. The van der Waals surface area contributed by atoms with Crippen LogP contribution in [0.2, 0.25) is 0 Å². The van der Waals surface area contributed by atoms with E-state index in [1.807, 2.05) is 29.6 Å². The largest absolute Gasteiger partial charge is 0.326 e. The van der Waals surface area contributed by atoms with Gasteiger partial charge in [0.1, 0.15) is 5.82 Å². The number of benzene rings is 1. The van der Waals surface area contributed by atoms with Crippen LogP contribution in [0.1, 0.15) is 36.9 Å². The third-order valence-corrected chi connectivity index (χ3v) is 6.00. The molecule has 1 aromatic carbocycles. The molecule has 150 valence electrons. The molecule has 1 unspecified atom stereocenters. The van der Waals surface area contributed by atoms with Crippen LogP contribution >= 0.6 is 11.3 Å². The first-order valence-electron chi connectivity index (χ1n) is 9.81. The zero-order valence-electron chi connectivity index (χ0n) is 16.4. The smallest absolute Gasteiger partial charge is 0.251 e. The van der Waals surface area contributed by atoms with Crippen molar-refractivity contribution in [1.82, 2.24) is 14.9 Å². The monoisotopic (exact) mass is 408 g/mol. The average Bonchev–Trinajstić information content (AvgIpc) is 3.24. The SMILES string of the molecule is CC(=O)Nc1ccc(CN2CCCC(c3cc(=O)[nH]c(-c4cccs4)n3)C2)cc1. The highest BCUT2D eigenvalue weighted by atomic mass is 32.1. The Labute approximate surface area is 173 Å². The van der Waals surface area contributed by atoms with Crippen LogP contribution in [0.4, 0.5) is 5.69 Å². The molecule has 2 N–H and O–H groups in total. The minimum absolute atomic E-state index is 0.0658. The van der Waals surface area contributed by atoms with Crippen LogP contribution in [0.15, 0.2) is 52.6 Å². The summed E-state index contributed by atoms with van der Waals surface area (Å²) in [6.07, 6.45) is 2.12. The van der Waals surface area contributed by atoms with Crippen LogP contribution in [-0.2, 0) is 11.3 Å². The fourth-order valence-electron chi connectivity index (χ4n) is 3.81. The Balaban J connectivity index is 1.46. The molecule has 1 atom stereocenters. The van der Waals surface area contributed by atoms with Gasteiger partial charge >= 0.3 is 0 Å². The maximum absolute atomic E-state index is 12.2. The first kappa shape index (κ1) is 19.5. The van der Waals surface area contributed by atoms with Gasteiger partial charge in [-0.1, -0.05) is 18.2 Å². The Bertz CT molecular complexity index is 1030. The van der Waals surface area contributed by atoms with E-state index < -0.39 is 0 Å². The van der Waals surface area contributed by atoms with Crippen LogP contribution < -0.4 is 10.9 Å². The maximum Gasteiger partial charge on any atom is 0.251 e. The molecule has 1 saturated heterocycles. The van der Waals surface area contributed by atoms with E-state index in [1.54, 1.807) is 17.4 Å². The minimum atomic E-state index is -0.0934. The summed E-state index contributed by atoms with van der Waals surface area (Å²) in [6, 6.07) is 13.6. The number of carbonyl (C=O) groups is 1. The second kappa shape index (κ2) is 8.71. The molecule has 1 aliphatic heterocycles. The summed E-state index contributed by atoms with van der Waals surface area (Å²) in [5, 5.41) is 4.78. The quantitative estimate of drug-likeness (QED) is 0.672. The fourth-order valence-corrected chi connectivity index (χ4v) is 4.48. The van der Waals surface area contributed by atoms with E-state index in [9.17, 15) is 9.59 Å². The standard InChI is InChI=1S/C22H24N4O2S/c1-15(27)23-18-8-6-16(7-9-18)13-26-10-2-4-17(14-26)19-12-21(28)25-22(24-19)20-5-3-11-29-20/h3,5-9,11-12,17H,2,4,10,13-14H2,1H3,(H,23,27)(H,24,25,28). The van der Waals surface area contributed by atoms with Gasteiger partial charge in [-0.15, -0.1) is 11.3 Å². The summed E-state index contributed by atoms with van der Waals surface area (Å²) >= 11 is 1.58. The molecule has 0 saturated carbocycles. The number of aromatic amines is 1. The van der Waals surface area contributed by atoms with Crippen molar-refractivity contribution in [2.75, 3.05) is 18.4 Å². The average molecular weight is 409 g/mol. The summed E-state index contributed by atoms with van der Waals surface area (Å²) in [4.78, 5) is 34.4. The van der Waals surface area contributed by atoms with Crippen molar-refractivity contribution in [3.8, 4) is 10.7 Å². The Morgan fingerprint density at radius 3 is 2.86 bits per heavy atom. The molecule has 0 spiro atoms. The number of carbonyl (C=O) groups excluding carboxylic acids is 1. The Kier molecular flexibility index (Phi) is 5.87. The summed E-state index contributed by atoms with van der Waals surface area (Å²) in [5.74, 6) is 0.848. The van der Waals surface area contributed by atoms with Crippen molar-refractivity contribution in [3.63, 3.8) is 0 Å². The molecule has 7 heteroatoms. The molecular formula is C22H24N4O2S. The Morgan fingerprint density at radius 1 is 1.31 bits per heavy atom. The van der Waals surface area contributed by atoms with Crippen molar-refractivity contribution >= 4 is 22.9 Å². The molecule has 29 heavy (non-hydrogen) atoms. The second-order valence-corrected chi connectivity index (χ2v) is 8.40. The van der Waals surface area contributed by atoms with Gasteiger partial charge in [0.25, 0.3) is 5.56 Å². The number of hydrogen-bond donors (Lipinski definition) is 2. The number of rotatable bonds is 5. The Hall–Kier alpha value is -2.77. The van der Waals surface area contributed by atoms with Crippen LogP contribution in [0, 0.1) is 0 Å². The van der Waals surface area contributed by atoms with Crippen molar-refractivity contribution in [2.24, 2.45) is 0 Å². The molecule has 1 amide bonds. The van der Waals surface area contributed by atoms with Crippen molar-refractivity contribution in [1.29, 1.82) is 0 Å². The first-order valence-corrected chi connectivity index (χ1v) is 10.7. The predicted molar refractivity (Wildman–Crippen MR) is 116 cm³/mol. The number of H-pyrrole nitrogens is 1. The zero-order valence-corrected chi connectivity index (χ0v) is 17.2. The second-order valence-electron chi connectivity index (χ2n) is 7.45. The van der Waals surface area contributed by atoms with Gasteiger partial charge in [0.2, 0.25) is 5.91 Å². The number of nitrogens with one attached hydrogen (secondary N) is 2. The molecule has 1 aliphatic rings. The van der Waals surface area contributed by atoms with Gasteiger partial charge in [-0.25, -0.2) is 4.98 Å². The molecule has 0 aliphatic carbocycles. The number of thiophene rings is 1. The summed E-state index contributed by atoms with van der Waals surface area (Å²) < 4.78 is 0. The third-order valence-electron chi connectivity index (χ3n) is 5.12. The van der Waals surface area contributed by atoms with Crippen molar-refractivity contribution < 1.29 is 4.79 Å². The number of piperidine rings is 1. The minimum Gasteiger partial charge on any atom is -0.326 e. The van der Waals surface area contributed by atoms with Crippen molar-refractivity contribution in [3.05, 3.63) is 69.5 Å². The molecule has 6 nitrogen and oxygen atoms in total. The van der Waals surface area contributed by atoms with Gasteiger partial charge in [-0.2, -0.15) is 0 Å². The van der Waals surface area contributed by atoms with Gasteiger partial charge in [0.15, 0.2) is 0 Å². The van der Waals surface area contributed by atoms with Gasteiger partial charge < -0.3 is 10.3 Å².